The van der Waals surface area contributed by atoms with Gasteiger partial charge in [-0.25, -0.2) is 17.5 Å². The molecule has 0 atom stereocenters. The highest BCUT2D eigenvalue weighted by molar-refractivity contribution is 7.89. The van der Waals surface area contributed by atoms with Crippen LogP contribution in [0.3, 0.4) is 0 Å². The second-order valence-corrected chi connectivity index (χ2v) is 9.26. The maximum Gasteiger partial charge on any atom is 0.268 e. The van der Waals surface area contributed by atoms with Gasteiger partial charge in [-0.05, 0) is 42.8 Å². The summed E-state index contributed by atoms with van der Waals surface area (Å²) in [4.78, 5) is 5.64. The van der Waals surface area contributed by atoms with Crippen molar-refractivity contribution in [1.82, 2.24) is 14.9 Å². The number of nitrogens with zero attached hydrogens (tertiary/aromatic N) is 2. The topological polar surface area (TPSA) is 85.1 Å². The number of halogens is 1. The van der Waals surface area contributed by atoms with Crippen LogP contribution in [0.4, 0.5) is 4.39 Å². The van der Waals surface area contributed by atoms with Crippen molar-refractivity contribution in [3.63, 3.8) is 0 Å². The van der Waals surface area contributed by atoms with Crippen molar-refractivity contribution in [2.24, 2.45) is 0 Å². The second kappa shape index (κ2) is 7.86. The molecule has 0 radical (unpaired) electrons. The van der Waals surface area contributed by atoms with Crippen molar-refractivity contribution in [2.75, 3.05) is 0 Å². The van der Waals surface area contributed by atoms with E-state index in [2.05, 4.69) is 14.9 Å². The predicted octanol–water partition coefficient (Wildman–Crippen LogP) is 4.39. The van der Waals surface area contributed by atoms with Crippen molar-refractivity contribution >= 4 is 21.4 Å². The van der Waals surface area contributed by atoms with Crippen LogP contribution in [0.1, 0.15) is 10.4 Å². The number of nitrogens with one attached hydrogen (secondary N) is 1. The fraction of sp³-hybridized carbons (Fsp3) is 0.100. The zero-order valence-corrected chi connectivity index (χ0v) is 16.9. The van der Waals surface area contributed by atoms with Crippen LogP contribution in [-0.4, -0.2) is 18.6 Å². The molecule has 2 heterocycles. The van der Waals surface area contributed by atoms with Gasteiger partial charge in [-0.1, -0.05) is 35.5 Å². The fourth-order valence-electron chi connectivity index (χ4n) is 2.73. The molecule has 0 aliphatic heterocycles. The van der Waals surface area contributed by atoms with E-state index in [1.807, 2.05) is 30.3 Å². The predicted molar refractivity (Wildman–Crippen MR) is 108 cm³/mol. The molecule has 2 aromatic heterocycles. The highest BCUT2D eigenvalue weighted by Crippen LogP contribution is 2.33. The number of hydrogen-bond donors (Lipinski definition) is 1. The molecule has 4 rings (SSSR count). The zero-order chi connectivity index (χ0) is 20.4. The van der Waals surface area contributed by atoms with Crippen LogP contribution in [0.2, 0.25) is 0 Å². The van der Waals surface area contributed by atoms with Crippen molar-refractivity contribution in [1.29, 1.82) is 0 Å². The van der Waals surface area contributed by atoms with Crippen molar-refractivity contribution in [2.45, 2.75) is 18.4 Å². The summed E-state index contributed by atoms with van der Waals surface area (Å²) in [6.45, 7) is 1.92. The summed E-state index contributed by atoms with van der Waals surface area (Å²) < 4.78 is 46.4. The van der Waals surface area contributed by atoms with Gasteiger partial charge in [-0.3, -0.25) is 0 Å². The Bertz CT molecular complexity index is 1230. The molecule has 29 heavy (non-hydrogen) atoms. The van der Waals surface area contributed by atoms with Crippen LogP contribution in [0.5, 0.6) is 0 Å². The molecule has 4 aromatic rings. The summed E-state index contributed by atoms with van der Waals surface area (Å²) in [6.07, 6.45) is 0. The first-order valence-corrected chi connectivity index (χ1v) is 11.0. The molecule has 0 fully saturated rings. The van der Waals surface area contributed by atoms with E-state index in [-0.39, 0.29) is 23.1 Å². The smallest absolute Gasteiger partial charge is 0.268 e. The summed E-state index contributed by atoms with van der Waals surface area (Å²) in [7, 11) is -3.70. The van der Waals surface area contributed by atoms with Crippen molar-refractivity contribution in [3.05, 3.63) is 76.9 Å². The summed E-state index contributed by atoms with van der Waals surface area (Å²) in [5, 5.41) is 3.90. The molecule has 0 spiro atoms. The van der Waals surface area contributed by atoms with E-state index in [0.29, 0.717) is 21.1 Å². The van der Waals surface area contributed by atoms with E-state index >= 15 is 0 Å². The molecular weight excluding hydrogens is 413 g/mol. The maximum absolute atomic E-state index is 13.1. The van der Waals surface area contributed by atoms with E-state index < -0.39 is 10.0 Å². The van der Waals surface area contributed by atoms with Gasteiger partial charge in [-0.15, -0.1) is 11.3 Å². The van der Waals surface area contributed by atoms with Crippen LogP contribution < -0.4 is 4.72 Å². The standard InChI is InChI=1S/C20H16FN3O3S2/c1-13-18(29(25,26)22-12-14-5-3-2-4-6-14)11-17(28-13)20-23-19(24-27-20)15-7-9-16(21)10-8-15/h2-11,22H,12H2,1H3. The highest BCUT2D eigenvalue weighted by Gasteiger charge is 2.22. The van der Waals surface area contributed by atoms with Crippen molar-refractivity contribution < 1.29 is 17.3 Å². The van der Waals surface area contributed by atoms with Gasteiger partial charge in [0.15, 0.2) is 0 Å². The number of thiophene rings is 1. The van der Waals surface area contributed by atoms with Crippen LogP contribution >= 0.6 is 11.3 Å². The van der Waals surface area contributed by atoms with Crippen LogP contribution in [-0.2, 0) is 16.6 Å². The van der Waals surface area contributed by atoms with Gasteiger partial charge in [0.25, 0.3) is 5.89 Å². The Balaban J connectivity index is 1.57. The van der Waals surface area contributed by atoms with E-state index in [0.717, 1.165) is 5.56 Å². The Labute approximate surface area is 171 Å². The first-order valence-electron chi connectivity index (χ1n) is 8.66. The third-order valence-electron chi connectivity index (χ3n) is 4.21. The fourth-order valence-corrected chi connectivity index (χ4v) is 5.26. The summed E-state index contributed by atoms with van der Waals surface area (Å²) >= 11 is 1.25. The summed E-state index contributed by atoms with van der Waals surface area (Å²) in [5.74, 6) is 0.156. The van der Waals surface area contributed by atoms with Crippen LogP contribution in [0.15, 0.2) is 70.1 Å². The summed E-state index contributed by atoms with van der Waals surface area (Å²) in [6, 6.07) is 16.5. The normalized spacial score (nSPS) is 11.7. The third-order valence-corrected chi connectivity index (χ3v) is 6.91. The van der Waals surface area contributed by atoms with E-state index in [9.17, 15) is 12.8 Å². The maximum atomic E-state index is 13.1. The lowest BCUT2D eigenvalue weighted by Crippen LogP contribution is -2.23. The lowest BCUT2D eigenvalue weighted by molar-refractivity contribution is 0.433. The Morgan fingerprint density at radius 3 is 2.55 bits per heavy atom. The van der Waals surface area contributed by atoms with Gasteiger partial charge in [0, 0.05) is 17.0 Å². The van der Waals surface area contributed by atoms with E-state index in [1.54, 1.807) is 19.1 Å². The molecule has 0 amide bonds. The van der Waals surface area contributed by atoms with E-state index in [4.69, 9.17) is 4.52 Å². The first-order chi connectivity index (χ1) is 13.9. The number of rotatable bonds is 6. The number of benzene rings is 2. The second-order valence-electron chi connectivity index (χ2n) is 6.27. The minimum absolute atomic E-state index is 0.176. The van der Waals surface area contributed by atoms with E-state index in [1.165, 1.54) is 29.5 Å². The van der Waals surface area contributed by atoms with Crippen LogP contribution in [0.25, 0.3) is 22.2 Å². The number of sulfonamides is 1. The lowest BCUT2D eigenvalue weighted by atomic mass is 10.2. The zero-order valence-electron chi connectivity index (χ0n) is 15.3. The minimum atomic E-state index is -3.70. The number of hydrogen-bond acceptors (Lipinski definition) is 6. The van der Waals surface area contributed by atoms with Gasteiger partial charge in [0.05, 0.1) is 9.77 Å². The molecule has 1 N–H and O–H groups in total. The Hall–Kier alpha value is -2.88. The SMILES string of the molecule is Cc1sc(-c2nc(-c3ccc(F)cc3)no2)cc1S(=O)(=O)NCc1ccccc1. The largest absolute Gasteiger partial charge is 0.333 e. The highest BCUT2D eigenvalue weighted by atomic mass is 32.2. The quantitative estimate of drug-likeness (QED) is 0.491. The Morgan fingerprint density at radius 1 is 1.10 bits per heavy atom. The molecule has 0 saturated heterocycles. The monoisotopic (exact) mass is 429 g/mol. The molecule has 0 saturated carbocycles. The van der Waals surface area contributed by atoms with Gasteiger partial charge in [0.2, 0.25) is 15.8 Å². The molecule has 2 aromatic carbocycles. The average molecular weight is 429 g/mol. The van der Waals surface area contributed by atoms with Gasteiger partial charge in [-0.2, -0.15) is 4.98 Å². The van der Waals surface area contributed by atoms with Crippen LogP contribution in [0, 0.1) is 12.7 Å². The van der Waals surface area contributed by atoms with Gasteiger partial charge < -0.3 is 4.52 Å². The average Bonchev–Trinajstić information content (AvgIpc) is 3.35. The molecule has 6 nitrogen and oxygen atoms in total. The molecule has 0 aliphatic carbocycles. The molecule has 0 unspecified atom stereocenters. The minimum Gasteiger partial charge on any atom is -0.333 e. The Morgan fingerprint density at radius 2 is 1.83 bits per heavy atom. The molecular formula is C20H16FN3O3S2. The molecule has 0 aliphatic rings. The Kier molecular flexibility index (Phi) is 5.27. The third kappa shape index (κ3) is 4.26. The number of aromatic nitrogens is 2. The number of aryl methyl sites for hydroxylation is 1. The van der Waals surface area contributed by atoms with Gasteiger partial charge in [0.1, 0.15) is 5.82 Å². The summed E-state index contributed by atoms with van der Waals surface area (Å²) in [5.41, 5.74) is 1.47. The molecule has 9 heteroatoms. The lowest BCUT2D eigenvalue weighted by Gasteiger charge is -2.06. The van der Waals surface area contributed by atoms with Crippen molar-refractivity contribution in [3.8, 4) is 22.2 Å². The first kappa shape index (κ1) is 19.4. The molecule has 148 valence electrons. The molecule has 0 bridgehead atoms. The van der Waals surface area contributed by atoms with Gasteiger partial charge >= 0.3 is 0 Å².